The van der Waals surface area contributed by atoms with Gasteiger partial charge in [-0.2, -0.15) is 0 Å². The number of benzene rings is 1. The van der Waals surface area contributed by atoms with Crippen molar-refractivity contribution in [3.63, 3.8) is 0 Å². The van der Waals surface area contributed by atoms with Gasteiger partial charge in [0.05, 0.1) is 7.11 Å². The minimum atomic E-state index is 0.0569. The lowest BCUT2D eigenvalue weighted by atomic mass is 9.74. The molecule has 0 radical (unpaired) electrons. The summed E-state index contributed by atoms with van der Waals surface area (Å²) in [6, 6.07) is 5.22. The third kappa shape index (κ3) is 3.31. The van der Waals surface area contributed by atoms with Crippen molar-refractivity contribution in [3.8, 4) is 5.75 Å². The van der Waals surface area contributed by atoms with Gasteiger partial charge in [-0.25, -0.2) is 0 Å². The zero-order valence-electron chi connectivity index (χ0n) is 13.3. The smallest absolute Gasteiger partial charge is 0.254 e. The Morgan fingerprint density at radius 3 is 2.38 bits per heavy atom. The molecule has 116 valence electrons. The second-order valence-corrected chi connectivity index (χ2v) is 5.99. The average Bonchev–Trinajstić information content (AvgIpc) is 2.53. The Bertz CT molecular complexity index is 500. The van der Waals surface area contributed by atoms with E-state index < -0.39 is 0 Å². The molecular weight excluding hydrogens is 264 g/mol. The maximum atomic E-state index is 12.6. The second-order valence-electron chi connectivity index (χ2n) is 5.99. The van der Waals surface area contributed by atoms with Gasteiger partial charge >= 0.3 is 0 Å². The Morgan fingerprint density at radius 2 is 1.86 bits per heavy atom. The van der Waals surface area contributed by atoms with E-state index in [4.69, 9.17) is 10.5 Å². The Hall–Kier alpha value is -1.71. The van der Waals surface area contributed by atoms with Gasteiger partial charge in [-0.15, -0.1) is 0 Å². The number of amides is 1. The highest BCUT2D eigenvalue weighted by molar-refractivity contribution is 5.95. The van der Waals surface area contributed by atoms with Crippen LogP contribution in [0.3, 0.4) is 0 Å². The summed E-state index contributed by atoms with van der Waals surface area (Å²) in [5.74, 6) is 0.688. The molecular formula is C17H26N2O2. The summed E-state index contributed by atoms with van der Waals surface area (Å²) < 4.78 is 5.19. The van der Waals surface area contributed by atoms with Crippen LogP contribution >= 0.6 is 0 Å². The highest BCUT2D eigenvalue weighted by Crippen LogP contribution is 2.38. The summed E-state index contributed by atoms with van der Waals surface area (Å²) in [6.45, 7) is 6.17. The van der Waals surface area contributed by atoms with Gasteiger partial charge in [-0.3, -0.25) is 4.79 Å². The van der Waals surface area contributed by atoms with Crippen molar-refractivity contribution in [2.45, 2.75) is 39.5 Å². The summed E-state index contributed by atoms with van der Waals surface area (Å²) >= 11 is 0. The molecule has 21 heavy (non-hydrogen) atoms. The van der Waals surface area contributed by atoms with Crippen molar-refractivity contribution in [1.82, 2.24) is 4.90 Å². The molecule has 0 bridgehead atoms. The van der Waals surface area contributed by atoms with E-state index in [1.54, 1.807) is 25.3 Å². The van der Waals surface area contributed by atoms with Crippen molar-refractivity contribution in [2.75, 3.05) is 25.9 Å². The minimum Gasteiger partial charge on any atom is -0.497 e. The van der Waals surface area contributed by atoms with Crippen LogP contribution in [0.2, 0.25) is 0 Å². The number of carbonyl (C=O) groups is 1. The van der Waals surface area contributed by atoms with Gasteiger partial charge in [-0.05, 0) is 30.4 Å². The third-order valence-corrected chi connectivity index (χ3v) is 5.02. The van der Waals surface area contributed by atoms with Crippen molar-refractivity contribution in [3.05, 3.63) is 23.8 Å². The molecule has 2 rings (SSSR count). The molecule has 0 unspecified atom stereocenters. The number of nitrogen functional groups attached to an aromatic ring is 1. The number of piperidine rings is 1. The van der Waals surface area contributed by atoms with Crippen LogP contribution in [-0.4, -0.2) is 31.0 Å². The summed E-state index contributed by atoms with van der Waals surface area (Å²) in [6.07, 6.45) is 4.56. The molecule has 0 spiro atoms. The van der Waals surface area contributed by atoms with Crippen molar-refractivity contribution < 1.29 is 9.53 Å². The summed E-state index contributed by atoms with van der Waals surface area (Å²) in [7, 11) is 1.58. The highest BCUT2D eigenvalue weighted by atomic mass is 16.5. The molecule has 1 fully saturated rings. The number of anilines is 1. The van der Waals surface area contributed by atoms with Crippen LogP contribution in [0, 0.1) is 5.41 Å². The quantitative estimate of drug-likeness (QED) is 0.865. The molecule has 1 saturated heterocycles. The summed E-state index contributed by atoms with van der Waals surface area (Å²) in [5, 5.41) is 0. The van der Waals surface area contributed by atoms with Gasteiger partial charge in [-0.1, -0.05) is 26.7 Å². The number of rotatable bonds is 4. The molecule has 1 aromatic carbocycles. The number of nitrogens with zero attached hydrogens (tertiary/aromatic N) is 1. The van der Waals surface area contributed by atoms with Crippen LogP contribution in [0.1, 0.15) is 49.9 Å². The highest BCUT2D eigenvalue weighted by Gasteiger charge is 2.33. The van der Waals surface area contributed by atoms with E-state index >= 15 is 0 Å². The molecule has 1 aliphatic rings. The second kappa shape index (κ2) is 6.37. The first-order chi connectivity index (χ1) is 10.0. The summed E-state index contributed by atoms with van der Waals surface area (Å²) in [4.78, 5) is 14.6. The summed E-state index contributed by atoms with van der Waals surface area (Å²) in [5.41, 5.74) is 7.44. The van der Waals surface area contributed by atoms with Gasteiger partial charge in [0.15, 0.2) is 0 Å². The monoisotopic (exact) mass is 290 g/mol. The van der Waals surface area contributed by atoms with Crippen LogP contribution in [0.15, 0.2) is 18.2 Å². The van der Waals surface area contributed by atoms with E-state index in [1.807, 2.05) is 4.90 Å². The van der Waals surface area contributed by atoms with E-state index in [9.17, 15) is 4.79 Å². The molecule has 2 N–H and O–H groups in total. The molecule has 4 heteroatoms. The minimum absolute atomic E-state index is 0.0569. The number of methoxy groups -OCH3 is 1. The fraction of sp³-hybridized carbons (Fsp3) is 0.588. The van der Waals surface area contributed by atoms with E-state index in [1.165, 1.54) is 12.8 Å². The van der Waals surface area contributed by atoms with Gasteiger partial charge in [0.2, 0.25) is 0 Å². The van der Waals surface area contributed by atoms with Gasteiger partial charge in [0, 0.05) is 30.4 Å². The predicted octanol–water partition coefficient (Wildman–Crippen LogP) is 3.32. The van der Waals surface area contributed by atoms with E-state index in [0.29, 0.717) is 22.4 Å². The first-order valence-corrected chi connectivity index (χ1v) is 7.77. The molecule has 4 nitrogen and oxygen atoms in total. The average molecular weight is 290 g/mol. The number of nitrogens with two attached hydrogens (primary N) is 1. The van der Waals surface area contributed by atoms with Crippen molar-refractivity contribution in [2.24, 2.45) is 5.41 Å². The first-order valence-electron chi connectivity index (χ1n) is 7.77. The topological polar surface area (TPSA) is 55.6 Å². The lowest BCUT2D eigenvalue weighted by Gasteiger charge is -2.41. The predicted molar refractivity (Wildman–Crippen MR) is 85.6 cm³/mol. The Kier molecular flexibility index (Phi) is 4.76. The first kappa shape index (κ1) is 15.7. The molecule has 1 heterocycles. The maximum Gasteiger partial charge on any atom is 0.254 e. The Labute approximate surface area is 127 Å². The molecule has 0 atom stereocenters. The van der Waals surface area contributed by atoms with Crippen LogP contribution in [0.5, 0.6) is 5.75 Å². The molecule has 1 aliphatic heterocycles. The van der Waals surface area contributed by atoms with Gasteiger partial charge < -0.3 is 15.4 Å². The normalized spacial score (nSPS) is 17.6. The molecule has 1 amide bonds. The maximum absolute atomic E-state index is 12.6. The molecule has 0 aromatic heterocycles. The molecule has 0 aliphatic carbocycles. The van der Waals surface area contributed by atoms with Gasteiger partial charge in [0.1, 0.15) is 5.75 Å². The third-order valence-electron chi connectivity index (χ3n) is 5.02. The zero-order valence-corrected chi connectivity index (χ0v) is 13.3. The Balaban J connectivity index is 2.10. The number of ether oxygens (including phenoxy) is 1. The van der Waals surface area contributed by atoms with Crippen LogP contribution in [0.25, 0.3) is 0 Å². The van der Waals surface area contributed by atoms with Crippen molar-refractivity contribution in [1.29, 1.82) is 0 Å². The van der Waals surface area contributed by atoms with Crippen LogP contribution in [0.4, 0.5) is 5.69 Å². The number of carbonyl (C=O) groups excluding carboxylic acids is 1. The van der Waals surface area contributed by atoms with Crippen molar-refractivity contribution >= 4 is 11.6 Å². The number of hydrogen-bond acceptors (Lipinski definition) is 3. The SMILES string of the molecule is CCC1(CC)CCN(C(=O)c2cc(N)cc(OC)c2)CC1. The zero-order chi connectivity index (χ0) is 15.5. The molecule has 1 aromatic rings. The van der Waals surface area contributed by atoms with Gasteiger partial charge in [0.25, 0.3) is 5.91 Å². The molecule has 0 saturated carbocycles. The van der Waals surface area contributed by atoms with Crippen LogP contribution < -0.4 is 10.5 Å². The van der Waals surface area contributed by atoms with E-state index in [0.717, 1.165) is 25.9 Å². The van der Waals surface area contributed by atoms with Crippen LogP contribution in [-0.2, 0) is 0 Å². The van der Waals surface area contributed by atoms with E-state index in [2.05, 4.69) is 13.8 Å². The fourth-order valence-corrected chi connectivity index (χ4v) is 3.19. The largest absolute Gasteiger partial charge is 0.497 e. The fourth-order valence-electron chi connectivity index (χ4n) is 3.19. The lowest BCUT2D eigenvalue weighted by Crippen LogP contribution is -2.42. The number of likely N-dealkylation sites (tertiary alicyclic amines) is 1. The van der Waals surface area contributed by atoms with E-state index in [-0.39, 0.29) is 5.91 Å². The number of hydrogen-bond donors (Lipinski definition) is 1. The standard InChI is InChI=1S/C17H26N2O2/c1-4-17(5-2)6-8-19(9-7-17)16(20)13-10-14(18)12-15(11-13)21-3/h10-12H,4-9,18H2,1-3H3. The Morgan fingerprint density at radius 1 is 1.24 bits per heavy atom. The lowest BCUT2D eigenvalue weighted by molar-refractivity contribution is 0.0557.